The zero-order valence-corrected chi connectivity index (χ0v) is 24.4. The van der Waals surface area contributed by atoms with Gasteiger partial charge in [0.2, 0.25) is 5.91 Å². The summed E-state index contributed by atoms with van der Waals surface area (Å²) < 4.78 is 57.5. The Kier molecular flexibility index (Phi) is 8.95. The van der Waals surface area contributed by atoms with E-state index in [2.05, 4.69) is 20.7 Å². The lowest BCUT2D eigenvalue weighted by molar-refractivity contribution is -0.120. The van der Waals surface area contributed by atoms with Gasteiger partial charge in [0, 0.05) is 57.5 Å². The molecule has 1 amide bonds. The quantitative estimate of drug-likeness (QED) is 0.373. The molecule has 3 heterocycles. The normalized spacial score (nSPS) is 18.4. The van der Waals surface area contributed by atoms with Crippen LogP contribution in [0.15, 0.2) is 76.0 Å². The highest BCUT2D eigenvalue weighted by Gasteiger charge is 2.35. The van der Waals surface area contributed by atoms with Crippen molar-refractivity contribution in [3.8, 4) is 0 Å². The lowest BCUT2D eigenvalue weighted by Crippen LogP contribution is -2.53. The van der Waals surface area contributed by atoms with Crippen LogP contribution in [-0.2, 0) is 21.9 Å². The largest absolute Gasteiger partial charge is 0.325 e. The van der Waals surface area contributed by atoms with Gasteiger partial charge in [-0.05, 0) is 72.4 Å². The van der Waals surface area contributed by atoms with E-state index in [4.69, 9.17) is 0 Å². The molecule has 1 fully saturated rings. The number of aromatic nitrogens is 2. The van der Waals surface area contributed by atoms with Crippen LogP contribution in [-0.4, -0.2) is 66.8 Å². The Hall–Kier alpha value is -3.74. The summed E-state index contributed by atoms with van der Waals surface area (Å²) in [6.45, 7) is 3.59. The van der Waals surface area contributed by atoms with Crippen molar-refractivity contribution in [3.63, 3.8) is 0 Å². The second-order valence-corrected chi connectivity index (χ2v) is 12.6. The van der Waals surface area contributed by atoms with Crippen molar-refractivity contribution in [1.29, 1.82) is 0 Å². The number of amides is 1. The molecule has 0 bridgehead atoms. The molecular weight excluding hydrogens is 562 g/mol. The molecule has 3 aromatic rings. The summed E-state index contributed by atoms with van der Waals surface area (Å²) in [5.74, 6) is -1.57. The smallest absolute Gasteiger partial charge is 0.262 e. The minimum Gasteiger partial charge on any atom is -0.325 e. The fourth-order valence-corrected chi connectivity index (χ4v) is 7.14. The maximum Gasteiger partial charge on any atom is 0.262 e. The Morgan fingerprint density at radius 2 is 1.90 bits per heavy atom. The van der Waals surface area contributed by atoms with Crippen molar-refractivity contribution in [3.05, 3.63) is 94.3 Å². The molecule has 5 rings (SSSR count). The van der Waals surface area contributed by atoms with Crippen LogP contribution in [0.2, 0.25) is 0 Å². The van der Waals surface area contributed by atoms with E-state index in [1.54, 1.807) is 38.5 Å². The Morgan fingerprint density at radius 1 is 1.12 bits per heavy atom. The Balaban J connectivity index is 1.29. The number of hydrogen-bond acceptors (Lipinski definition) is 6. The fraction of sp³-hybridized carbons (Fsp3) is 0.367. The molecule has 12 heteroatoms. The first-order valence-electron chi connectivity index (χ1n) is 13.9. The molecule has 2 aromatic carbocycles. The minimum atomic E-state index is -3.75. The number of piperazine rings is 1. The third kappa shape index (κ3) is 6.83. The monoisotopic (exact) mass is 596 g/mol. The molecule has 0 aliphatic carbocycles. The van der Waals surface area contributed by atoms with Crippen LogP contribution < -0.4 is 10.6 Å². The molecule has 0 unspecified atom stereocenters. The Labute approximate surface area is 244 Å². The van der Waals surface area contributed by atoms with Crippen LogP contribution in [0.5, 0.6) is 0 Å². The summed E-state index contributed by atoms with van der Waals surface area (Å²) in [5.41, 5.74) is 3.55. The van der Waals surface area contributed by atoms with Gasteiger partial charge in [-0.3, -0.25) is 14.5 Å². The summed E-state index contributed by atoms with van der Waals surface area (Å²) in [6.07, 6.45) is 4.32. The molecule has 0 radical (unpaired) electrons. The average Bonchev–Trinajstić information content (AvgIpc) is 3.59. The second-order valence-electron chi connectivity index (χ2n) is 10.7. The van der Waals surface area contributed by atoms with Gasteiger partial charge in [-0.25, -0.2) is 17.2 Å². The number of hydrogen-bond donors (Lipinski definition) is 2. The molecule has 42 heavy (non-hydrogen) atoms. The summed E-state index contributed by atoms with van der Waals surface area (Å²) in [5, 5.41) is 10.4. The van der Waals surface area contributed by atoms with Gasteiger partial charge in [0.1, 0.15) is 11.6 Å². The highest BCUT2D eigenvalue weighted by Crippen LogP contribution is 2.30. The van der Waals surface area contributed by atoms with Crippen molar-refractivity contribution >= 4 is 22.1 Å². The topological polar surface area (TPSA) is 109 Å². The molecular formula is C30H34F2N6O3S. The van der Waals surface area contributed by atoms with Crippen molar-refractivity contribution in [2.45, 2.75) is 43.2 Å². The first-order chi connectivity index (χ1) is 20.1. The van der Waals surface area contributed by atoms with E-state index in [0.29, 0.717) is 55.8 Å². The number of aliphatic imine (C=N–C) groups is 1. The number of halogens is 2. The molecule has 0 spiro atoms. The minimum absolute atomic E-state index is 0.0157. The molecule has 2 aliphatic rings. The first kappa shape index (κ1) is 29.7. The predicted octanol–water partition coefficient (Wildman–Crippen LogP) is 3.43. The average molecular weight is 597 g/mol. The van der Waals surface area contributed by atoms with E-state index in [1.807, 2.05) is 6.07 Å². The van der Waals surface area contributed by atoms with E-state index < -0.39 is 27.6 Å². The van der Waals surface area contributed by atoms with E-state index in [9.17, 15) is 22.0 Å². The van der Waals surface area contributed by atoms with Gasteiger partial charge >= 0.3 is 0 Å². The number of nitrogens with one attached hydrogen (secondary N) is 2. The van der Waals surface area contributed by atoms with Crippen LogP contribution in [0, 0.1) is 18.6 Å². The third-order valence-electron chi connectivity index (χ3n) is 7.62. The first-order valence-corrected chi connectivity index (χ1v) is 15.3. The number of allylic oxidation sites excluding steroid dienone is 1. The van der Waals surface area contributed by atoms with E-state index >= 15 is 0 Å². The van der Waals surface area contributed by atoms with Gasteiger partial charge in [-0.2, -0.15) is 9.40 Å². The number of carbonyl (C=O) groups is 1. The van der Waals surface area contributed by atoms with Crippen LogP contribution in [0.3, 0.4) is 0 Å². The van der Waals surface area contributed by atoms with Crippen LogP contribution in [0.25, 0.3) is 0 Å². The molecule has 2 atom stereocenters. The van der Waals surface area contributed by atoms with E-state index in [0.717, 1.165) is 11.1 Å². The fourth-order valence-electron chi connectivity index (χ4n) is 5.53. The molecule has 0 saturated carbocycles. The maximum atomic E-state index is 14.3. The van der Waals surface area contributed by atoms with Crippen LogP contribution in [0.4, 0.5) is 8.78 Å². The second kappa shape index (κ2) is 12.6. The van der Waals surface area contributed by atoms with Gasteiger partial charge in [0.25, 0.3) is 10.0 Å². The van der Waals surface area contributed by atoms with Gasteiger partial charge in [0.15, 0.2) is 5.03 Å². The zero-order valence-electron chi connectivity index (χ0n) is 23.6. The zero-order chi connectivity index (χ0) is 29.9. The highest BCUT2D eigenvalue weighted by atomic mass is 32.2. The molecule has 9 nitrogen and oxygen atoms in total. The number of nitrogens with zero attached hydrogens (tertiary/aromatic N) is 4. The number of sulfonamides is 1. The van der Waals surface area contributed by atoms with Gasteiger partial charge < -0.3 is 10.6 Å². The standard InChI is InChI=1S/C30H34F2N6O3S/c1-20-13-23(15-25(32)14-20)27(21-3-6-24(31)7-4-21)16-29(39)35-28-19-34-17-22(28)5-8-26-18-33-10-12-38(26)42(40,41)30-9-11-37(2)36-30/h3-4,6-7,9,11,13-15,19,26-27,33H,5,8,10,12,16-18H2,1-2H3,(H,35,39)/t26-,27-/m0/s1. The van der Waals surface area contributed by atoms with E-state index in [-0.39, 0.29) is 23.4 Å². The number of aryl methyl sites for hydroxylation is 2. The SMILES string of the molecule is Cc1cc(F)cc([C@@H](CC(=O)NC2=C(CC[C@H]3CNCCN3S(=O)(=O)c3ccn(C)n3)CN=C2)c2ccc(F)cc2)c1. The summed E-state index contributed by atoms with van der Waals surface area (Å²) in [7, 11) is -2.07. The lowest BCUT2D eigenvalue weighted by Gasteiger charge is -2.34. The molecule has 2 aliphatic heterocycles. The van der Waals surface area contributed by atoms with Crippen molar-refractivity contribution in [1.82, 2.24) is 24.7 Å². The Bertz CT molecular complexity index is 1600. The van der Waals surface area contributed by atoms with E-state index in [1.165, 1.54) is 39.3 Å². The van der Waals surface area contributed by atoms with Crippen LogP contribution >= 0.6 is 0 Å². The van der Waals surface area contributed by atoms with Crippen LogP contribution in [0.1, 0.15) is 41.9 Å². The Morgan fingerprint density at radius 3 is 2.62 bits per heavy atom. The number of rotatable bonds is 10. The van der Waals surface area contributed by atoms with Crippen molar-refractivity contribution < 1.29 is 22.0 Å². The third-order valence-corrected chi connectivity index (χ3v) is 9.47. The molecule has 222 valence electrons. The van der Waals surface area contributed by atoms with Crippen molar-refractivity contribution in [2.24, 2.45) is 12.0 Å². The van der Waals surface area contributed by atoms with Gasteiger partial charge in [-0.15, -0.1) is 0 Å². The number of carbonyl (C=O) groups excluding carboxylic acids is 1. The predicted molar refractivity (Wildman–Crippen MR) is 156 cm³/mol. The molecule has 2 N–H and O–H groups in total. The summed E-state index contributed by atoms with van der Waals surface area (Å²) in [6, 6.07) is 11.7. The lowest BCUT2D eigenvalue weighted by atomic mass is 9.87. The molecule has 1 saturated heterocycles. The van der Waals surface area contributed by atoms with Crippen molar-refractivity contribution in [2.75, 3.05) is 26.2 Å². The van der Waals surface area contributed by atoms with Gasteiger partial charge in [0.05, 0.1) is 12.2 Å². The molecule has 1 aromatic heterocycles. The number of benzene rings is 2. The summed E-state index contributed by atoms with van der Waals surface area (Å²) >= 11 is 0. The summed E-state index contributed by atoms with van der Waals surface area (Å²) in [4.78, 5) is 17.6. The highest BCUT2D eigenvalue weighted by molar-refractivity contribution is 7.89. The maximum absolute atomic E-state index is 14.3. The van der Waals surface area contributed by atoms with Gasteiger partial charge in [-0.1, -0.05) is 18.2 Å².